The van der Waals surface area contributed by atoms with Crippen molar-refractivity contribution in [3.05, 3.63) is 99.5 Å². The molecule has 1 atom stereocenters. The van der Waals surface area contributed by atoms with E-state index in [9.17, 15) is 19.2 Å². The van der Waals surface area contributed by atoms with Gasteiger partial charge in [-0.05, 0) is 31.0 Å². The van der Waals surface area contributed by atoms with Gasteiger partial charge in [-0.1, -0.05) is 60.7 Å². The van der Waals surface area contributed by atoms with Gasteiger partial charge in [0.2, 0.25) is 5.91 Å². The largest absolute Gasteiger partial charge is 0.464 e. The van der Waals surface area contributed by atoms with Gasteiger partial charge in [-0.3, -0.25) is 14.4 Å². The molecule has 0 aliphatic carbocycles. The van der Waals surface area contributed by atoms with Crippen LogP contribution in [0.1, 0.15) is 47.1 Å². The summed E-state index contributed by atoms with van der Waals surface area (Å²) in [6, 6.07) is 18.3. The summed E-state index contributed by atoms with van der Waals surface area (Å²) in [6.45, 7) is 4.99. The summed E-state index contributed by atoms with van der Waals surface area (Å²) in [7, 11) is 0. The third kappa shape index (κ3) is 5.78. The summed E-state index contributed by atoms with van der Waals surface area (Å²) in [5.41, 5.74) is 1.52. The highest BCUT2D eigenvalue weighted by Gasteiger charge is 2.26. The Morgan fingerprint density at radius 3 is 2.21 bits per heavy atom. The number of benzene rings is 2. The van der Waals surface area contributed by atoms with E-state index < -0.39 is 29.4 Å². The van der Waals surface area contributed by atoms with E-state index in [2.05, 4.69) is 10.6 Å². The van der Waals surface area contributed by atoms with Crippen molar-refractivity contribution >= 4 is 23.5 Å². The summed E-state index contributed by atoms with van der Waals surface area (Å²) in [6.07, 6.45) is 0. The molecule has 3 rings (SSSR count). The van der Waals surface area contributed by atoms with Crippen LogP contribution in [0.4, 0.5) is 5.69 Å². The maximum absolute atomic E-state index is 13.4. The van der Waals surface area contributed by atoms with E-state index >= 15 is 0 Å². The number of pyridine rings is 1. The van der Waals surface area contributed by atoms with Gasteiger partial charge in [0.1, 0.15) is 5.69 Å². The maximum atomic E-state index is 13.4. The fraction of sp³-hybridized carbons (Fsp3) is 0.231. The van der Waals surface area contributed by atoms with Crippen molar-refractivity contribution in [1.29, 1.82) is 0 Å². The number of anilines is 1. The van der Waals surface area contributed by atoms with E-state index in [1.165, 1.54) is 17.6 Å². The standard InChI is InChI=1S/C26H27N3O5/c1-4-34-26(33)23(20-13-9-6-10-14-20)28-24(31)21-15-22(27-18(3)30)25(32)29(17(21)2)16-19-11-7-5-8-12-19/h5-15,23H,4,16H2,1-3H3,(H,27,30)(H,28,31)/t23-/m1/s1. The molecule has 0 bridgehead atoms. The van der Waals surface area contributed by atoms with E-state index in [1.54, 1.807) is 44.2 Å². The fourth-order valence-corrected chi connectivity index (χ4v) is 3.58. The van der Waals surface area contributed by atoms with Gasteiger partial charge in [0.25, 0.3) is 11.5 Å². The summed E-state index contributed by atoms with van der Waals surface area (Å²) in [4.78, 5) is 50.8. The maximum Gasteiger partial charge on any atom is 0.333 e. The Morgan fingerprint density at radius 1 is 1.00 bits per heavy atom. The van der Waals surface area contributed by atoms with Gasteiger partial charge in [-0.2, -0.15) is 0 Å². The smallest absolute Gasteiger partial charge is 0.333 e. The number of carbonyl (C=O) groups is 3. The summed E-state index contributed by atoms with van der Waals surface area (Å²) >= 11 is 0. The van der Waals surface area contributed by atoms with E-state index in [1.807, 2.05) is 30.3 Å². The normalized spacial score (nSPS) is 11.4. The van der Waals surface area contributed by atoms with Gasteiger partial charge in [-0.15, -0.1) is 0 Å². The molecule has 0 spiro atoms. The molecule has 1 aromatic heterocycles. The Balaban J connectivity index is 2.04. The van der Waals surface area contributed by atoms with Crippen molar-refractivity contribution in [2.24, 2.45) is 0 Å². The molecule has 2 amide bonds. The first kappa shape index (κ1) is 24.4. The quantitative estimate of drug-likeness (QED) is 0.501. The molecule has 0 fully saturated rings. The van der Waals surface area contributed by atoms with Crippen LogP contribution in [0.25, 0.3) is 0 Å². The van der Waals surface area contributed by atoms with E-state index in [0.717, 1.165) is 5.56 Å². The lowest BCUT2D eigenvalue weighted by atomic mass is 10.1. The highest BCUT2D eigenvalue weighted by molar-refractivity contribution is 5.99. The predicted octanol–water partition coefficient (Wildman–Crippen LogP) is 3.20. The number of nitrogens with zero attached hydrogens (tertiary/aromatic N) is 1. The number of amides is 2. The molecule has 0 aliphatic heterocycles. The number of nitrogens with one attached hydrogen (secondary N) is 2. The van der Waals surface area contributed by atoms with Crippen molar-refractivity contribution in [2.45, 2.75) is 33.4 Å². The number of hydrogen-bond acceptors (Lipinski definition) is 5. The van der Waals surface area contributed by atoms with Crippen LogP contribution < -0.4 is 16.2 Å². The molecule has 3 aromatic rings. The molecule has 0 aliphatic rings. The van der Waals surface area contributed by atoms with Crippen LogP contribution in [0.15, 0.2) is 71.5 Å². The number of esters is 1. The lowest BCUT2D eigenvalue weighted by Gasteiger charge is -2.20. The second kappa shape index (κ2) is 11.1. The Morgan fingerprint density at radius 2 is 1.62 bits per heavy atom. The van der Waals surface area contributed by atoms with Crippen LogP contribution in [0.5, 0.6) is 0 Å². The van der Waals surface area contributed by atoms with Crippen molar-refractivity contribution < 1.29 is 19.1 Å². The minimum absolute atomic E-state index is 0.0217. The topological polar surface area (TPSA) is 106 Å². The molecule has 8 nitrogen and oxygen atoms in total. The Hall–Kier alpha value is -4.20. The minimum Gasteiger partial charge on any atom is -0.464 e. The third-order valence-corrected chi connectivity index (χ3v) is 5.23. The first-order valence-corrected chi connectivity index (χ1v) is 10.9. The molecule has 0 unspecified atom stereocenters. The van der Waals surface area contributed by atoms with Gasteiger partial charge >= 0.3 is 5.97 Å². The van der Waals surface area contributed by atoms with Gasteiger partial charge in [0, 0.05) is 12.6 Å². The molecule has 1 heterocycles. The van der Waals surface area contributed by atoms with Gasteiger partial charge < -0.3 is 19.9 Å². The van der Waals surface area contributed by atoms with Crippen LogP contribution in [0.2, 0.25) is 0 Å². The third-order valence-electron chi connectivity index (χ3n) is 5.23. The average Bonchev–Trinajstić information content (AvgIpc) is 2.83. The number of hydrogen-bond donors (Lipinski definition) is 2. The Bertz CT molecular complexity index is 1240. The zero-order chi connectivity index (χ0) is 24.7. The van der Waals surface area contributed by atoms with E-state index in [0.29, 0.717) is 11.3 Å². The molecule has 8 heteroatoms. The van der Waals surface area contributed by atoms with Crippen LogP contribution in [0, 0.1) is 6.92 Å². The molecule has 2 N–H and O–H groups in total. The number of rotatable bonds is 8. The van der Waals surface area contributed by atoms with Crippen LogP contribution in [0.3, 0.4) is 0 Å². The van der Waals surface area contributed by atoms with Gasteiger partial charge in [0.15, 0.2) is 6.04 Å². The fourth-order valence-electron chi connectivity index (χ4n) is 3.58. The van der Waals surface area contributed by atoms with Crippen molar-refractivity contribution in [3.8, 4) is 0 Å². The predicted molar refractivity (Wildman–Crippen MR) is 129 cm³/mol. The molecule has 0 saturated heterocycles. The zero-order valence-corrected chi connectivity index (χ0v) is 19.3. The number of carbonyl (C=O) groups excluding carboxylic acids is 3. The summed E-state index contributed by atoms with van der Waals surface area (Å²) in [5, 5.41) is 5.23. The second-order valence-corrected chi connectivity index (χ2v) is 7.68. The highest BCUT2D eigenvalue weighted by atomic mass is 16.5. The highest BCUT2D eigenvalue weighted by Crippen LogP contribution is 2.18. The lowest BCUT2D eigenvalue weighted by Crippen LogP contribution is -2.37. The molecule has 0 saturated carbocycles. The summed E-state index contributed by atoms with van der Waals surface area (Å²) < 4.78 is 6.59. The van der Waals surface area contributed by atoms with Crippen LogP contribution in [-0.4, -0.2) is 29.0 Å². The monoisotopic (exact) mass is 461 g/mol. The molecule has 34 heavy (non-hydrogen) atoms. The second-order valence-electron chi connectivity index (χ2n) is 7.68. The number of aromatic nitrogens is 1. The van der Waals surface area contributed by atoms with Gasteiger partial charge in [0.05, 0.1) is 18.7 Å². The SMILES string of the molecule is CCOC(=O)[C@H](NC(=O)c1cc(NC(C)=O)c(=O)n(Cc2ccccc2)c1C)c1ccccc1. The molecular formula is C26H27N3O5. The van der Waals surface area contributed by atoms with Crippen LogP contribution >= 0.6 is 0 Å². The minimum atomic E-state index is -1.04. The molecule has 2 aromatic carbocycles. The zero-order valence-electron chi connectivity index (χ0n) is 19.3. The van der Waals surface area contributed by atoms with Crippen molar-refractivity contribution in [1.82, 2.24) is 9.88 Å². The number of ether oxygens (including phenoxy) is 1. The Kier molecular flexibility index (Phi) is 7.97. The first-order valence-electron chi connectivity index (χ1n) is 10.9. The Labute approximate surface area is 197 Å². The van der Waals surface area contributed by atoms with Gasteiger partial charge in [-0.25, -0.2) is 4.79 Å². The van der Waals surface area contributed by atoms with Crippen LogP contribution in [-0.2, 0) is 20.9 Å². The van der Waals surface area contributed by atoms with E-state index in [-0.39, 0.29) is 24.4 Å². The molecular weight excluding hydrogens is 434 g/mol. The average molecular weight is 462 g/mol. The first-order chi connectivity index (χ1) is 16.3. The summed E-state index contributed by atoms with van der Waals surface area (Å²) in [5.74, 6) is -1.61. The molecule has 0 radical (unpaired) electrons. The van der Waals surface area contributed by atoms with Crippen molar-refractivity contribution in [2.75, 3.05) is 11.9 Å². The molecule has 176 valence electrons. The lowest BCUT2D eigenvalue weighted by molar-refractivity contribution is -0.145. The van der Waals surface area contributed by atoms with E-state index in [4.69, 9.17) is 4.74 Å². The van der Waals surface area contributed by atoms with Crippen molar-refractivity contribution in [3.63, 3.8) is 0 Å².